The zero-order chi connectivity index (χ0) is 61.4. The average molecular weight is 1100 g/mol. The van der Waals surface area contributed by atoms with Crippen LogP contribution in [0, 0.1) is 128 Å². The van der Waals surface area contributed by atoms with Crippen LogP contribution >= 0.6 is 0 Å². The predicted molar refractivity (Wildman–Crippen MR) is 318 cm³/mol. The van der Waals surface area contributed by atoms with Gasteiger partial charge < -0.3 is 32.6 Å². The number of nitrogens with zero attached hydrogens (tertiary/aromatic N) is 8. The summed E-state index contributed by atoms with van der Waals surface area (Å²) in [5.74, 6) is 32.7. The molecule has 8 N–H and O–H groups in total. The van der Waals surface area contributed by atoms with Crippen LogP contribution in [0.1, 0.15) is 5.56 Å². The van der Waals surface area contributed by atoms with Crippen molar-refractivity contribution in [2.75, 3.05) is 41.1 Å². The van der Waals surface area contributed by atoms with Crippen LogP contribution in [-0.2, 0) is 20.7 Å². The van der Waals surface area contributed by atoms with Gasteiger partial charge in [0.1, 0.15) is 0 Å². The molecule has 0 amide bonds. The maximum atomic E-state index is 12.4. The molecule has 6 aromatic carbocycles. The summed E-state index contributed by atoms with van der Waals surface area (Å²) in [6.07, 6.45) is 9.89. The van der Waals surface area contributed by atoms with Crippen LogP contribution in [-0.4, -0.2) is 73.9 Å². The fourth-order valence-corrected chi connectivity index (χ4v) is 6.21. The number of nitro groups is 2. The monoisotopic (exact) mass is 1100 g/mol. The third kappa shape index (κ3) is 21.8. The molecule has 0 saturated carbocycles. The van der Waals surface area contributed by atoms with Crippen LogP contribution < -0.4 is 27.8 Å². The molecule has 2 aromatic heterocycles. The first-order valence-electron chi connectivity index (χ1n) is 24.2. The molecule has 0 radical (unpaired) electrons. The standard InChI is InChI=1S/C21H17N5O4.C12H2BN.C12H12N2.C8H6N4O5.C6H2BN/c22-16-7-5-15(6-8-16)14-3-1-13(2-4-14)11-17(27)12-23-18-9-10-19(26(28)29)21-20(18)24-30-25-21;1-2-3-4-5-6-7-8-9-10-11-12-14-13;13-11-5-1-9(2-6-11)10-3-7-12(14)8-4-10;13-4-16-3-9-5-1-2-6(12(14)15)8-7(5)10-17-11-8;1-2-3-4-5-6-8-7/h1-10,23H,11-12,22H2;1,13H;1-8H,13-14H2;1-2,4,9H,3H2;1,7H/i;13D;;;7D. The summed E-state index contributed by atoms with van der Waals surface area (Å²) in [4.78, 5) is 49.5. The summed E-state index contributed by atoms with van der Waals surface area (Å²) < 4.78 is 26.4. The molecule has 0 aliphatic carbocycles. The average Bonchev–Trinajstić information content (AvgIpc) is 4.01. The molecule has 0 aliphatic heterocycles. The van der Waals surface area contributed by atoms with Crippen molar-refractivity contribution in [3.05, 3.63) is 147 Å². The first-order chi connectivity index (χ1) is 41.3. The second-order valence-electron chi connectivity index (χ2n) is 15.2. The van der Waals surface area contributed by atoms with Gasteiger partial charge >= 0.3 is 140 Å². The number of non-ortho nitro benzene ring substituents is 2. The van der Waals surface area contributed by atoms with Gasteiger partial charge in [0.15, 0.2) is 23.5 Å². The van der Waals surface area contributed by atoms with Gasteiger partial charge in [0.25, 0.3) is 6.47 Å². The van der Waals surface area contributed by atoms with Crippen molar-refractivity contribution in [1.82, 2.24) is 20.6 Å². The second kappa shape index (κ2) is 35.2. The van der Waals surface area contributed by atoms with Crippen molar-refractivity contribution < 1.29 is 33.4 Å². The zero-order valence-electron chi connectivity index (χ0n) is 45.0. The Labute approximate surface area is 478 Å². The number of carbonyl (C=O) groups excluding carboxylic acids is 2. The number of hydrogen-bond donors (Lipinski definition) is 5. The number of anilines is 5. The maximum absolute atomic E-state index is 12.4. The van der Waals surface area contributed by atoms with Crippen LogP contribution in [0.5, 0.6) is 0 Å². The quantitative estimate of drug-likeness (QED) is 0.0126. The van der Waals surface area contributed by atoms with Crippen LogP contribution in [0.3, 0.4) is 0 Å². The van der Waals surface area contributed by atoms with E-state index in [-0.39, 0.29) is 65.4 Å². The van der Waals surface area contributed by atoms with E-state index in [2.05, 4.69) is 150 Å². The van der Waals surface area contributed by atoms with Gasteiger partial charge in [0.05, 0.1) is 27.8 Å². The van der Waals surface area contributed by atoms with Crippen LogP contribution in [0.4, 0.5) is 39.8 Å². The molecule has 0 fully saturated rings. The number of carbonyl (C=O) groups is 2. The van der Waals surface area contributed by atoms with Gasteiger partial charge in [-0.25, -0.2) is 9.26 Å². The number of nitrogens with two attached hydrogens (primary N) is 3. The van der Waals surface area contributed by atoms with E-state index in [1.165, 1.54) is 24.3 Å². The molecule has 0 bridgehead atoms. The first-order valence-corrected chi connectivity index (χ1v) is 23.0. The van der Waals surface area contributed by atoms with Gasteiger partial charge in [-0.3, -0.25) is 29.8 Å². The Morgan fingerprint density at radius 3 is 1.31 bits per heavy atom. The third-order valence-electron chi connectivity index (χ3n) is 9.84. The first kappa shape index (κ1) is 59.1. The second-order valence-corrected chi connectivity index (χ2v) is 15.2. The van der Waals surface area contributed by atoms with Crippen molar-refractivity contribution in [2.45, 2.75) is 6.42 Å². The normalized spacial score (nSPS) is 9.13. The Balaban J connectivity index is 0.000000243. The smallest absolute Gasteiger partial charge is 0.106 e. The topological polar surface area (TPSA) is 334 Å². The summed E-state index contributed by atoms with van der Waals surface area (Å²) >= 11 is 0. The number of nitrogens with one attached hydrogen (secondary N) is 2. The molecule has 0 unspecified atom stereocenters. The zero-order valence-corrected chi connectivity index (χ0v) is 43.0. The summed E-state index contributed by atoms with van der Waals surface area (Å²) in [5, 5.41) is 41.6. The van der Waals surface area contributed by atoms with Gasteiger partial charge in [0, 0.05) is 35.6 Å². The minimum Gasteiger partial charge on any atom is -0.106 e. The molecular weight excluding hydrogens is 1060 g/mol. The molecule has 0 aliphatic rings. The van der Waals surface area contributed by atoms with E-state index in [0.29, 0.717) is 17.1 Å². The van der Waals surface area contributed by atoms with Crippen LogP contribution in [0.25, 0.3) is 44.3 Å². The van der Waals surface area contributed by atoms with Crippen molar-refractivity contribution >= 4 is 89.3 Å². The van der Waals surface area contributed by atoms with Gasteiger partial charge in [-0.2, -0.15) is 0 Å². The van der Waals surface area contributed by atoms with E-state index >= 15 is 0 Å². The number of fused-ring (bicyclic) bond motifs is 2. The molecule has 24 heteroatoms. The molecule has 0 spiro atoms. The summed E-state index contributed by atoms with van der Waals surface area (Å²) in [6.45, 7) is 0.236. The van der Waals surface area contributed by atoms with E-state index in [9.17, 15) is 29.8 Å². The van der Waals surface area contributed by atoms with E-state index < -0.39 is 9.85 Å². The Bertz CT molecular complexity index is 4230. The molecule has 400 valence electrons. The molecular formula is C59H39B2N13O9. The molecule has 83 heavy (non-hydrogen) atoms. The van der Waals surface area contributed by atoms with Crippen LogP contribution in [0.15, 0.2) is 140 Å². The van der Waals surface area contributed by atoms with E-state index in [0.717, 1.165) is 54.4 Å². The Hall–Kier alpha value is -13.2. The number of ketones is 1. The number of terminal acetylenes is 2. The minimum atomic E-state index is -0.585. The van der Waals surface area contributed by atoms with Crippen molar-refractivity contribution in [1.29, 1.82) is 2.67 Å². The summed E-state index contributed by atoms with van der Waals surface area (Å²) in [5.41, 5.74) is 25.4. The van der Waals surface area contributed by atoms with Crippen molar-refractivity contribution in [3.8, 4) is 130 Å². The number of nitrogen functional groups attached to an aromatic ring is 3. The third-order valence-corrected chi connectivity index (χ3v) is 9.84. The fourth-order valence-electron chi connectivity index (χ4n) is 6.21. The van der Waals surface area contributed by atoms with Crippen LogP contribution in [0.2, 0.25) is 0 Å². The number of rotatable bonds is 13. The Kier molecular flexibility index (Phi) is 25.1. The summed E-state index contributed by atoms with van der Waals surface area (Å²) in [7, 11) is 1.67. The molecule has 8 rings (SSSR count). The summed E-state index contributed by atoms with van der Waals surface area (Å²) in [6, 6.07) is 40.9. The molecule has 2 heterocycles. The molecule has 0 atom stereocenters. The number of nitro benzene ring substituents is 2. The van der Waals surface area contributed by atoms with Gasteiger partial charge in [0.2, 0.25) is 11.0 Å². The number of aromatic nitrogens is 4. The minimum absolute atomic E-state index is 0.0334. The Morgan fingerprint density at radius 2 is 0.928 bits per heavy atom. The van der Waals surface area contributed by atoms with Gasteiger partial charge in [-0.15, -0.1) is 6.42 Å². The van der Waals surface area contributed by atoms with Crippen molar-refractivity contribution in [3.63, 3.8) is 0 Å². The Morgan fingerprint density at radius 1 is 0.566 bits per heavy atom. The molecule has 8 aromatic rings. The van der Waals surface area contributed by atoms with Gasteiger partial charge in [-0.05, 0) is 97.0 Å². The number of ether oxygens (including phenoxy) is 1. The SMILES string of the molecule is Nc1ccc(-c2ccc(CC(=O)CNc3ccc([N+](=O)[O-])c4nonc34)cc2)cc1.Nc1ccc(-c2ccc(N)cc2)cc1.O=COCNc1ccc([N+](=O)[O-])c2nonc12.[2H]B=NC#CC#CC#C.[2H]B=NC#CC#CC#CC#CC#CC#C. The van der Waals surface area contributed by atoms with E-state index in [1.807, 2.05) is 97.1 Å². The molecule has 0 saturated heterocycles. The number of benzene rings is 6. The van der Waals surface area contributed by atoms with E-state index in [4.69, 9.17) is 32.7 Å². The van der Waals surface area contributed by atoms with E-state index in [1.54, 1.807) is 0 Å². The van der Waals surface area contributed by atoms with Crippen molar-refractivity contribution in [2.24, 2.45) is 9.79 Å². The predicted octanol–water partition coefficient (Wildman–Crippen LogP) is 6.14. The fraction of sp³-hybridized carbons (Fsp3) is 0.0508. The van der Waals surface area contributed by atoms with Gasteiger partial charge in [-0.1, -0.05) is 60.7 Å². The molecule has 22 nitrogen and oxygen atoms in total. The number of hydrogen-bond acceptors (Lipinski definition) is 20. The number of Topliss-reactive ketones (excluding diaryl/α,β-unsaturated/α-hetero) is 1.